The van der Waals surface area contributed by atoms with Gasteiger partial charge in [-0.05, 0) is 37.3 Å². The van der Waals surface area contributed by atoms with Crippen LogP contribution in [0.3, 0.4) is 0 Å². The Morgan fingerprint density at radius 1 is 1.00 bits per heavy atom. The molecule has 8 heteroatoms. The van der Waals surface area contributed by atoms with Crippen molar-refractivity contribution in [3.8, 4) is 11.1 Å². The molecule has 0 aliphatic rings. The summed E-state index contributed by atoms with van der Waals surface area (Å²) in [7, 11) is 0. The smallest absolute Gasteiger partial charge is 0.323 e. The number of aliphatic carboxylic acids is 1. The van der Waals surface area contributed by atoms with Crippen LogP contribution in [0.2, 0.25) is 0 Å². The van der Waals surface area contributed by atoms with Gasteiger partial charge >= 0.3 is 5.97 Å². The number of carboxylic acids is 1. The molecule has 2 heterocycles. The number of rotatable bonds is 5. The Morgan fingerprint density at radius 3 is 2.42 bits per heavy atom. The summed E-state index contributed by atoms with van der Waals surface area (Å²) < 4.78 is 44.1. The standard InChI is InChI=1S/C23H17F3N2O3/c1-13-23(18-8-16(24)5-6-20(18)28(13)12-22(30)31)15-3-7-21(29)27(11-15)10-14-2-4-17(25)9-19(14)26/h2-9,11H,10,12H2,1H3,(H,30,31). The topological polar surface area (TPSA) is 64.2 Å². The number of carbonyl (C=O) groups is 1. The van der Waals surface area contributed by atoms with Gasteiger partial charge in [0.05, 0.1) is 6.54 Å². The number of aromatic nitrogens is 2. The molecule has 0 saturated heterocycles. The molecule has 158 valence electrons. The molecule has 0 radical (unpaired) electrons. The van der Waals surface area contributed by atoms with Gasteiger partial charge in [0.2, 0.25) is 0 Å². The van der Waals surface area contributed by atoms with Crippen LogP contribution in [0.15, 0.2) is 59.5 Å². The molecule has 0 amide bonds. The minimum absolute atomic E-state index is 0.125. The molecule has 0 bridgehead atoms. The Labute approximate surface area is 174 Å². The van der Waals surface area contributed by atoms with Gasteiger partial charge in [0.1, 0.15) is 24.0 Å². The van der Waals surface area contributed by atoms with Gasteiger partial charge in [-0.3, -0.25) is 9.59 Å². The van der Waals surface area contributed by atoms with E-state index in [1.54, 1.807) is 17.6 Å². The number of carboxylic acid groups (broad SMARTS) is 1. The lowest BCUT2D eigenvalue weighted by Gasteiger charge is -2.10. The highest BCUT2D eigenvalue weighted by atomic mass is 19.1. The van der Waals surface area contributed by atoms with Crippen LogP contribution in [0.4, 0.5) is 13.2 Å². The highest BCUT2D eigenvalue weighted by Gasteiger charge is 2.19. The zero-order valence-electron chi connectivity index (χ0n) is 16.4. The van der Waals surface area contributed by atoms with E-state index in [-0.39, 0.29) is 18.7 Å². The van der Waals surface area contributed by atoms with Crippen molar-refractivity contribution < 1.29 is 23.1 Å². The molecule has 0 aliphatic heterocycles. The fourth-order valence-electron chi connectivity index (χ4n) is 3.79. The summed E-state index contributed by atoms with van der Waals surface area (Å²) in [5, 5.41) is 9.77. The second-order valence-electron chi connectivity index (χ2n) is 7.22. The van der Waals surface area contributed by atoms with Crippen LogP contribution in [-0.2, 0) is 17.9 Å². The van der Waals surface area contributed by atoms with Crippen molar-refractivity contribution in [3.63, 3.8) is 0 Å². The molecular weight excluding hydrogens is 409 g/mol. The summed E-state index contributed by atoms with van der Waals surface area (Å²) in [6, 6.07) is 10.0. The molecule has 2 aromatic carbocycles. The maximum Gasteiger partial charge on any atom is 0.323 e. The average molecular weight is 426 g/mol. The highest BCUT2D eigenvalue weighted by molar-refractivity contribution is 5.98. The average Bonchev–Trinajstić information content (AvgIpc) is 2.96. The summed E-state index contributed by atoms with van der Waals surface area (Å²) in [6.07, 6.45) is 1.50. The number of hydrogen-bond donors (Lipinski definition) is 1. The van der Waals surface area contributed by atoms with Crippen LogP contribution >= 0.6 is 0 Å². The molecule has 0 unspecified atom stereocenters. The second-order valence-corrected chi connectivity index (χ2v) is 7.22. The van der Waals surface area contributed by atoms with E-state index in [1.807, 2.05) is 0 Å². The Balaban J connectivity index is 1.88. The first kappa shape index (κ1) is 20.5. The summed E-state index contributed by atoms with van der Waals surface area (Å²) in [5.41, 5.74) is 1.98. The molecule has 2 aromatic heterocycles. The van der Waals surface area contributed by atoms with E-state index in [2.05, 4.69) is 0 Å². The number of halogens is 3. The molecule has 0 spiro atoms. The fraction of sp³-hybridized carbons (Fsp3) is 0.130. The van der Waals surface area contributed by atoms with Gasteiger partial charge in [-0.2, -0.15) is 0 Å². The van der Waals surface area contributed by atoms with Gasteiger partial charge < -0.3 is 14.2 Å². The largest absolute Gasteiger partial charge is 0.480 e. The van der Waals surface area contributed by atoms with Crippen LogP contribution in [0.25, 0.3) is 22.0 Å². The van der Waals surface area contributed by atoms with Crippen molar-refractivity contribution in [2.75, 3.05) is 0 Å². The summed E-state index contributed by atoms with van der Waals surface area (Å²) in [4.78, 5) is 23.7. The first-order valence-corrected chi connectivity index (χ1v) is 9.39. The number of benzene rings is 2. The normalized spacial score (nSPS) is 11.2. The van der Waals surface area contributed by atoms with E-state index in [9.17, 15) is 27.9 Å². The van der Waals surface area contributed by atoms with Crippen molar-refractivity contribution in [1.29, 1.82) is 0 Å². The van der Waals surface area contributed by atoms with E-state index in [0.717, 1.165) is 12.1 Å². The van der Waals surface area contributed by atoms with Crippen LogP contribution < -0.4 is 5.56 Å². The third-order valence-corrected chi connectivity index (χ3v) is 5.21. The van der Waals surface area contributed by atoms with Crippen molar-refractivity contribution >= 4 is 16.9 Å². The van der Waals surface area contributed by atoms with Crippen LogP contribution in [0, 0.1) is 24.4 Å². The number of pyridine rings is 1. The molecule has 0 aliphatic carbocycles. The highest BCUT2D eigenvalue weighted by Crippen LogP contribution is 2.34. The van der Waals surface area contributed by atoms with Crippen LogP contribution in [-0.4, -0.2) is 20.2 Å². The Hall–Kier alpha value is -3.81. The molecular formula is C23H17F3N2O3. The lowest BCUT2D eigenvalue weighted by Crippen LogP contribution is -2.19. The fourth-order valence-corrected chi connectivity index (χ4v) is 3.79. The lowest BCUT2D eigenvalue weighted by molar-refractivity contribution is -0.137. The predicted octanol–water partition coefficient (Wildman–Crippen LogP) is 4.33. The maximum atomic E-state index is 14.1. The van der Waals surface area contributed by atoms with E-state index < -0.39 is 29.0 Å². The van der Waals surface area contributed by atoms with Gasteiger partial charge in [0, 0.05) is 51.6 Å². The summed E-state index contributed by atoms with van der Waals surface area (Å²) in [6.45, 7) is 1.28. The quantitative estimate of drug-likeness (QED) is 0.517. The lowest BCUT2D eigenvalue weighted by atomic mass is 10.0. The van der Waals surface area contributed by atoms with E-state index in [4.69, 9.17) is 0 Å². The van der Waals surface area contributed by atoms with Crippen molar-refractivity contribution in [1.82, 2.24) is 9.13 Å². The summed E-state index contributed by atoms with van der Waals surface area (Å²) in [5.74, 6) is -3.02. The van der Waals surface area contributed by atoms with E-state index in [0.29, 0.717) is 27.7 Å². The first-order chi connectivity index (χ1) is 14.7. The van der Waals surface area contributed by atoms with Crippen molar-refractivity contribution in [2.45, 2.75) is 20.0 Å². The van der Waals surface area contributed by atoms with Gasteiger partial charge in [-0.25, -0.2) is 13.2 Å². The third kappa shape index (κ3) is 3.84. The second kappa shape index (κ2) is 7.79. The van der Waals surface area contributed by atoms with Gasteiger partial charge in [-0.1, -0.05) is 6.07 Å². The molecule has 0 atom stereocenters. The van der Waals surface area contributed by atoms with Gasteiger partial charge in [0.15, 0.2) is 0 Å². The first-order valence-electron chi connectivity index (χ1n) is 9.39. The van der Waals surface area contributed by atoms with Gasteiger partial charge in [0.25, 0.3) is 5.56 Å². The van der Waals surface area contributed by atoms with E-state index >= 15 is 0 Å². The van der Waals surface area contributed by atoms with E-state index in [1.165, 1.54) is 41.1 Å². The minimum Gasteiger partial charge on any atom is -0.480 e. The molecule has 4 aromatic rings. The Morgan fingerprint density at radius 2 is 1.71 bits per heavy atom. The summed E-state index contributed by atoms with van der Waals surface area (Å²) >= 11 is 0. The minimum atomic E-state index is -1.05. The Bertz CT molecular complexity index is 1390. The van der Waals surface area contributed by atoms with Gasteiger partial charge in [-0.15, -0.1) is 0 Å². The van der Waals surface area contributed by atoms with Crippen LogP contribution in [0.1, 0.15) is 11.3 Å². The molecule has 5 nitrogen and oxygen atoms in total. The third-order valence-electron chi connectivity index (χ3n) is 5.21. The number of fused-ring (bicyclic) bond motifs is 1. The SMILES string of the molecule is Cc1c(-c2ccc(=O)n(Cc3ccc(F)cc3F)c2)c2cc(F)ccc2n1CC(=O)O. The molecule has 0 saturated carbocycles. The number of nitrogens with zero attached hydrogens (tertiary/aromatic N) is 2. The van der Waals surface area contributed by atoms with Crippen molar-refractivity contribution in [3.05, 3.63) is 93.8 Å². The molecule has 0 fully saturated rings. The maximum absolute atomic E-state index is 14.1. The van der Waals surface area contributed by atoms with Crippen LogP contribution in [0.5, 0.6) is 0 Å². The molecule has 31 heavy (non-hydrogen) atoms. The molecule has 1 N–H and O–H groups in total. The predicted molar refractivity (Wildman–Crippen MR) is 109 cm³/mol. The Kier molecular flexibility index (Phi) is 5.14. The molecule has 4 rings (SSSR count). The zero-order chi connectivity index (χ0) is 22.3. The van der Waals surface area contributed by atoms with Crippen molar-refractivity contribution in [2.24, 2.45) is 0 Å². The number of hydrogen-bond acceptors (Lipinski definition) is 2. The monoisotopic (exact) mass is 426 g/mol. The zero-order valence-corrected chi connectivity index (χ0v) is 16.4.